The molecular formula is C14H22N8O. The van der Waals surface area contributed by atoms with E-state index in [-0.39, 0.29) is 0 Å². The van der Waals surface area contributed by atoms with Gasteiger partial charge in [-0.05, 0) is 20.8 Å². The lowest BCUT2D eigenvalue weighted by Crippen LogP contribution is -2.39. The van der Waals surface area contributed by atoms with Crippen LogP contribution >= 0.6 is 0 Å². The van der Waals surface area contributed by atoms with Crippen LogP contribution in [0.3, 0.4) is 0 Å². The third-order valence-corrected chi connectivity index (χ3v) is 3.59. The lowest BCUT2D eigenvalue weighted by molar-refractivity contribution is 0.0690. The van der Waals surface area contributed by atoms with Crippen LogP contribution in [0.5, 0.6) is 0 Å². The number of aromatic amines is 1. The second-order valence-electron chi connectivity index (χ2n) is 6.14. The van der Waals surface area contributed by atoms with Crippen LogP contribution in [0.4, 0.5) is 5.82 Å². The van der Waals surface area contributed by atoms with Crippen molar-refractivity contribution in [3.63, 3.8) is 0 Å². The second-order valence-corrected chi connectivity index (χ2v) is 6.14. The summed E-state index contributed by atoms with van der Waals surface area (Å²) >= 11 is 0. The first-order valence-electron chi connectivity index (χ1n) is 7.55. The predicted octanol–water partition coefficient (Wildman–Crippen LogP) is 0.0398. The van der Waals surface area contributed by atoms with Gasteiger partial charge in [-0.1, -0.05) is 0 Å². The minimum Gasteiger partial charge on any atom is -0.382 e. The fourth-order valence-corrected chi connectivity index (χ4v) is 2.48. The van der Waals surface area contributed by atoms with Crippen LogP contribution in [-0.4, -0.2) is 49.1 Å². The largest absolute Gasteiger partial charge is 0.382 e. The van der Waals surface area contributed by atoms with Crippen LogP contribution in [0.15, 0.2) is 11.1 Å². The van der Waals surface area contributed by atoms with Gasteiger partial charge in [-0.15, -0.1) is 0 Å². The Labute approximate surface area is 134 Å². The van der Waals surface area contributed by atoms with Crippen LogP contribution in [-0.2, 0) is 19.2 Å². The van der Waals surface area contributed by atoms with Gasteiger partial charge in [-0.2, -0.15) is 10.2 Å². The monoisotopic (exact) mass is 318 g/mol. The van der Waals surface area contributed by atoms with E-state index in [0.717, 1.165) is 30.6 Å². The van der Waals surface area contributed by atoms with E-state index < -0.39 is 5.60 Å². The van der Waals surface area contributed by atoms with Crippen LogP contribution in [0.2, 0.25) is 0 Å². The molecule has 0 spiro atoms. The number of guanidine groups is 1. The van der Waals surface area contributed by atoms with Crippen LogP contribution in [0, 0.1) is 6.92 Å². The fraction of sp³-hybridized carbons (Fsp3) is 0.571. The number of nitrogens with zero attached hydrogens (tertiary/aromatic N) is 6. The second kappa shape index (κ2) is 5.65. The number of nitrogens with one attached hydrogen (secondary N) is 2. The lowest BCUT2D eigenvalue weighted by atomic mass is 10.1. The summed E-state index contributed by atoms with van der Waals surface area (Å²) in [5.41, 5.74) is -0.0865. The predicted molar refractivity (Wildman–Crippen MR) is 86.1 cm³/mol. The van der Waals surface area contributed by atoms with E-state index in [4.69, 9.17) is 0 Å². The number of hydrogen-bond donors (Lipinski definition) is 3. The Morgan fingerprint density at radius 2 is 2.22 bits per heavy atom. The zero-order chi connectivity index (χ0) is 16.6. The van der Waals surface area contributed by atoms with E-state index >= 15 is 0 Å². The fourth-order valence-electron chi connectivity index (χ4n) is 2.48. The van der Waals surface area contributed by atoms with E-state index in [9.17, 15) is 5.11 Å². The Hall–Kier alpha value is -2.42. The molecule has 124 valence electrons. The minimum absolute atomic E-state index is 0.377. The number of aliphatic hydroxyl groups is 1. The average molecular weight is 318 g/mol. The zero-order valence-corrected chi connectivity index (χ0v) is 13.8. The molecule has 1 aliphatic rings. The maximum atomic E-state index is 9.90. The molecule has 3 N–H and O–H groups in total. The molecule has 2 aromatic rings. The van der Waals surface area contributed by atoms with Crippen molar-refractivity contribution in [2.24, 2.45) is 12.0 Å². The molecule has 1 aliphatic heterocycles. The topological polar surface area (TPSA) is 107 Å². The van der Waals surface area contributed by atoms with Crippen LogP contribution in [0.1, 0.15) is 31.2 Å². The third kappa shape index (κ3) is 3.19. The van der Waals surface area contributed by atoms with Crippen molar-refractivity contribution in [3.8, 4) is 0 Å². The van der Waals surface area contributed by atoms with Gasteiger partial charge in [0, 0.05) is 19.7 Å². The number of aryl methyl sites for hydroxylation is 2. The number of H-pyrrole nitrogens is 1. The minimum atomic E-state index is -1.06. The molecular weight excluding hydrogens is 296 g/mol. The summed E-state index contributed by atoms with van der Waals surface area (Å²) in [4.78, 5) is 10.9. The standard InChI is InChI=1S/C14H22N8O/c1-9-7-11(21(4)20-9)22-6-5-15-13(22)16-8-10-17-12(19-18-10)14(2,3)23/h7,23H,5-6,8H2,1-4H3,(H,15,16)(H,17,18,19). The van der Waals surface area contributed by atoms with Gasteiger partial charge in [0.25, 0.3) is 0 Å². The molecule has 0 bridgehead atoms. The van der Waals surface area contributed by atoms with Crippen molar-refractivity contribution in [1.29, 1.82) is 0 Å². The summed E-state index contributed by atoms with van der Waals surface area (Å²) in [6.07, 6.45) is 0. The van der Waals surface area contributed by atoms with Gasteiger partial charge in [0.2, 0.25) is 0 Å². The molecule has 0 aromatic carbocycles. The average Bonchev–Trinajstić information content (AvgIpc) is 3.15. The van der Waals surface area contributed by atoms with E-state index in [1.807, 2.05) is 24.7 Å². The number of hydrogen-bond acceptors (Lipinski definition) is 7. The summed E-state index contributed by atoms with van der Waals surface area (Å²) in [5, 5.41) is 24.4. The summed E-state index contributed by atoms with van der Waals surface area (Å²) in [6, 6.07) is 2.03. The Kier molecular flexibility index (Phi) is 3.80. The molecule has 0 unspecified atom stereocenters. The molecule has 0 aliphatic carbocycles. The summed E-state index contributed by atoms with van der Waals surface area (Å²) in [7, 11) is 1.92. The first-order valence-corrected chi connectivity index (χ1v) is 7.55. The van der Waals surface area contributed by atoms with E-state index in [1.165, 1.54) is 0 Å². The van der Waals surface area contributed by atoms with Crippen molar-refractivity contribution in [1.82, 2.24) is 30.3 Å². The van der Waals surface area contributed by atoms with Gasteiger partial charge in [-0.3, -0.25) is 19.7 Å². The molecule has 0 saturated heterocycles. The Morgan fingerprint density at radius 3 is 2.83 bits per heavy atom. The van der Waals surface area contributed by atoms with Gasteiger partial charge in [0.1, 0.15) is 17.2 Å². The molecule has 9 nitrogen and oxygen atoms in total. The highest BCUT2D eigenvalue weighted by molar-refractivity contribution is 5.96. The highest BCUT2D eigenvalue weighted by Crippen LogP contribution is 2.18. The third-order valence-electron chi connectivity index (χ3n) is 3.59. The zero-order valence-electron chi connectivity index (χ0n) is 13.8. The number of aromatic nitrogens is 5. The Balaban J connectivity index is 1.68. The highest BCUT2D eigenvalue weighted by Gasteiger charge is 2.24. The summed E-state index contributed by atoms with van der Waals surface area (Å²) < 4.78 is 1.85. The molecule has 0 saturated carbocycles. The molecule has 0 radical (unpaired) electrons. The van der Waals surface area contributed by atoms with Gasteiger partial charge in [0.05, 0.1) is 18.8 Å². The first kappa shape index (κ1) is 15.5. The van der Waals surface area contributed by atoms with Crippen molar-refractivity contribution >= 4 is 11.8 Å². The molecule has 3 rings (SSSR count). The SMILES string of the molecule is Cc1cc(N2CCN=C2NCc2nc(C(C)(C)O)n[nH]2)n(C)n1. The molecule has 0 fully saturated rings. The first-order chi connectivity index (χ1) is 10.8. The maximum absolute atomic E-state index is 9.90. The van der Waals surface area contributed by atoms with Crippen molar-refractivity contribution < 1.29 is 5.11 Å². The maximum Gasteiger partial charge on any atom is 0.200 e. The molecule has 2 aromatic heterocycles. The molecule has 9 heteroatoms. The van der Waals surface area contributed by atoms with Gasteiger partial charge in [0.15, 0.2) is 11.8 Å². The summed E-state index contributed by atoms with van der Waals surface area (Å²) in [6.45, 7) is 7.28. The normalized spacial score (nSPS) is 15.2. The lowest BCUT2D eigenvalue weighted by Gasteiger charge is -2.20. The van der Waals surface area contributed by atoms with Crippen molar-refractivity contribution in [3.05, 3.63) is 23.4 Å². The van der Waals surface area contributed by atoms with Gasteiger partial charge >= 0.3 is 0 Å². The van der Waals surface area contributed by atoms with E-state index in [2.05, 4.69) is 35.5 Å². The van der Waals surface area contributed by atoms with Crippen molar-refractivity contribution in [2.75, 3.05) is 18.0 Å². The van der Waals surface area contributed by atoms with Crippen molar-refractivity contribution in [2.45, 2.75) is 32.9 Å². The molecule has 23 heavy (non-hydrogen) atoms. The molecule has 0 amide bonds. The van der Waals surface area contributed by atoms with Gasteiger partial charge in [-0.25, -0.2) is 4.98 Å². The number of anilines is 1. The summed E-state index contributed by atoms with van der Waals surface area (Å²) in [5.74, 6) is 2.81. The van der Waals surface area contributed by atoms with Crippen LogP contribution in [0.25, 0.3) is 0 Å². The van der Waals surface area contributed by atoms with Gasteiger partial charge < -0.3 is 10.4 Å². The Morgan fingerprint density at radius 1 is 1.43 bits per heavy atom. The smallest absolute Gasteiger partial charge is 0.200 e. The van der Waals surface area contributed by atoms with E-state index in [1.54, 1.807) is 13.8 Å². The van der Waals surface area contributed by atoms with E-state index in [0.29, 0.717) is 18.2 Å². The number of rotatable bonds is 4. The van der Waals surface area contributed by atoms with Crippen LogP contribution < -0.4 is 10.2 Å². The molecule has 3 heterocycles. The quantitative estimate of drug-likeness (QED) is 0.735. The number of aliphatic imine (C=N–C) groups is 1. The Bertz CT molecular complexity index is 723. The highest BCUT2D eigenvalue weighted by atomic mass is 16.3. The molecule has 0 atom stereocenters.